The predicted molar refractivity (Wildman–Crippen MR) is 123 cm³/mol. The lowest BCUT2D eigenvalue weighted by molar-refractivity contribution is -0.0662. The molecule has 0 heterocycles. The fraction of sp³-hybridized carbons (Fsp3) is 0.880. The second kappa shape index (κ2) is 21.3. The fourth-order valence-corrected chi connectivity index (χ4v) is 3.47. The highest BCUT2D eigenvalue weighted by Crippen LogP contribution is 2.17. The summed E-state index contributed by atoms with van der Waals surface area (Å²) in [5, 5.41) is 39.3. The molecule has 0 aliphatic rings. The number of hydrogen-bond donors (Lipinski definition) is 3. The molecular formula is C25H47NO4. The van der Waals surface area contributed by atoms with Crippen LogP contribution in [0, 0.1) is 11.3 Å². The SMILES string of the molecule is CCCCCC/C=C\CC(O)CCOC(CCCCCC)C(O)CC(O)CCC#N. The van der Waals surface area contributed by atoms with Crippen molar-refractivity contribution < 1.29 is 20.1 Å². The second-order valence-corrected chi connectivity index (χ2v) is 8.41. The van der Waals surface area contributed by atoms with Gasteiger partial charge < -0.3 is 20.1 Å². The van der Waals surface area contributed by atoms with E-state index in [1.165, 1.54) is 25.7 Å². The average molecular weight is 426 g/mol. The van der Waals surface area contributed by atoms with Crippen LogP contribution in [0.5, 0.6) is 0 Å². The monoisotopic (exact) mass is 425 g/mol. The topological polar surface area (TPSA) is 93.7 Å². The van der Waals surface area contributed by atoms with Gasteiger partial charge in [-0.25, -0.2) is 0 Å². The third kappa shape index (κ3) is 17.9. The Balaban J connectivity index is 4.24. The van der Waals surface area contributed by atoms with Gasteiger partial charge in [0.05, 0.1) is 30.5 Å². The largest absolute Gasteiger partial charge is 0.393 e. The van der Waals surface area contributed by atoms with E-state index in [2.05, 4.69) is 26.0 Å². The quantitative estimate of drug-likeness (QED) is 0.168. The molecule has 0 aromatic heterocycles. The van der Waals surface area contributed by atoms with Gasteiger partial charge in [0.15, 0.2) is 0 Å². The number of nitriles is 1. The van der Waals surface area contributed by atoms with Gasteiger partial charge in [0.25, 0.3) is 0 Å². The van der Waals surface area contributed by atoms with Crippen LogP contribution in [0.15, 0.2) is 12.2 Å². The molecule has 0 aromatic rings. The summed E-state index contributed by atoms with van der Waals surface area (Å²) >= 11 is 0. The number of aliphatic hydroxyl groups is 3. The number of nitrogens with zero attached hydrogens (tertiary/aromatic N) is 1. The fourth-order valence-electron chi connectivity index (χ4n) is 3.47. The molecule has 0 saturated carbocycles. The van der Waals surface area contributed by atoms with Crippen LogP contribution in [0.2, 0.25) is 0 Å². The van der Waals surface area contributed by atoms with Gasteiger partial charge in [-0.15, -0.1) is 0 Å². The Morgan fingerprint density at radius 1 is 0.833 bits per heavy atom. The molecule has 0 fully saturated rings. The molecule has 0 saturated heterocycles. The average Bonchev–Trinajstić information content (AvgIpc) is 2.73. The standard InChI is InChI=1S/C25H47NO4/c1-3-5-7-9-10-11-12-15-22(27)18-20-30-25(17-13-8-6-4-2)24(29)21-23(28)16-14-19-26/h11-12,22-25,27-29H,3-10,13-18,20-21H2,1-2H3/b12-11-. The summed E-state index contributed by atoms with van der Waals surface area (Å²) in [4.78, 5) is 0. The minimum atomic E-state index is -0.750. The van der Waals surface area contributed by atoms with Crippen molar-refractivity contribution in [3.63, 3.8) is 0 Å². The van der Waals surface area contributed by atoms with Crippen LogP contribution in [0.4, 0.5) is 0 Å². The lowest BCUT2D eigenvalue weighted by Gasteiger charge is -2.25. The van der Waals surface area contributed by atoms with Gasteiger partial charge in [-0.3, -0.25) is 0 Å². The van der Waals surface area contributed by atoms with E-state index in [4.69, 9.17) is 10.00 Å². The van der Waals surface area contributed by atoms with E-state index in [0.717, 1.165) is 38.5 Å². The molecular weight excluding hydrogens is 378 g/mol. The predicted octanol–water partition coefficient (Wildman–Crippen LogP) is 5.43. The maximum Gasteiger partial charge on any atom is 0.0834 e. The summed E-state index contributed by atoms with van der Waals surface area (Å²) in [5.74, 6) is 0. The number of rotatable bonds is 21. The van der Waals surface area contributed by atoms with E-state index in [-0.39, 0.29) is 18.9 Å². The van der Waals surface area contributed by atoms with E-state index >= 15 is 0 Å². The first kappa shape index (κ1) is 29.1. The Morgan fingerprint density at radius 2 is 1.53 bits per heavy atom. The number of aliphatic hydroxyl groups excluding tert-OH is 3. The highest BCUT2D eigenvalue weighted by molar-refractivity contribution is 4.84. The van der Waals surface area contributed by atoms with E-state index in [1.807, 2.05) is 6.07 Å². The number of ether oxygens (including phenoxy) is 1. The second-order valence-electron chi connectivity index (χ2n) is 8.41. The van der Waals surface area contributed by atoms with Crippen molar-refractivity contribution >= 4 is 0 Å². The number of allylic oxidation sites excluding steroid dienone is 1. The molecule has 0 aliphatic carbocycles. The Kier molecular flexibility index (Phi) is 20.6. The maximum atomic E-state index is 10.5. The van der Waals surface area contributed by atoms with Crippen LogP contribution < -0.4 is 0 Å². The van der Waals surface area contributed by atoms with Crippen LogP contribution in [-0.4, -0.2) is 46.3 Å². The van der Waals surface area contributed by atoms with Crippen molar-refractivity contribution in [3.05, 3.63) is 12.2 Å². The molecule has 0 aromatic carbocycles. The molecule has 0 aliphatic heterocycles. The van der Waals surface area contributed by atoms with Crippen molar-refractivity contribution in [2.75, 3.05) is 6.61 Å². The molecule has 0 radical (unpaired) electrons. The van der Waals surface area contributed by atoms with Crippen molar-refractivity contribution in [1.82, 2.24) is 0 Å². The van der Waals surface area contributed by atoms with Crippen LogP contribution in [0.25, 0.3) is 0 Å². The Labute approximate surface area is 185 Å². The third-order valence-electron chi connectivity index (χ3n) is 5.46. The molecule has 0 rings (SSSR count). The molecule has 0 amide bonds. The molecule has 4 unspecified atom stereocenters. The first-order valence-electron chi connectivity index (χ1n) is 12.2. The van der Waals surface area contributed by atoms with Crippen molar-refractivity contribution in [2.24, 2.45) is 0 Å². The minimum Gasteiger partial charge on any atom is -0.393 e. The Morgan fingerprint density at radius 3 is 2.20 bits per heavy atom. The highest BCUT2D eigenvalue weighted by atomic mass is 16.5. The molecule has 5 heteroatoms. The van der Waals surface area contributed by atoms with Crippen molar-refractivity contribution in [3.8, 4) is 6.07 Å². The summed E-state index contributed by atoms with van der Waals surface area (Å²) in [6.45, 7) is 4.77. The van der Waals surface area contributed by atoms with Gasteiger partial charge >= 0.3 is 0 Å². The van der Waals surface area contributed by atoms with Gasteiger partial charge in [-0.1, -0.05) is 70.9 Å². The zero-order valence-corrected chi connectivity index (χ0v) is 19.5. The van der Waals surface area contributed by atoms with Gasteiger partial charge in [0, 0.05) is 19.4 Å². The van der Waals surface area contributed by atoms with Crippen molar-refractivity contribution in [1.29, 1.82) is 5.26 Å². The van der Waals surface area contributed by atoms with Gasteiger partial charge in [-0.2, -0.15) is 5.26 Å². The zero-order valence-electron chi connectivity index (χ0n) is 19.5. The highest BCUT2D eigenvalue weighted by Gasteiger charge is 2.23. The minimum absolute atomic E-state index is 0.226. The van der Waals surface area contributed by atoms with Crippen LogP contribution >= 0.6 is 0 Å². The van der Waals surface area contributed by atoms with Crippen LogP contribution in [0.1, 0.15) is 110 Å². The lowest BCUT2D eigenvalue weighted by atomic mass is 9.99. The summed E-state index contributed by atoms with van der Waals surface area (Å²) < 4.78 is 5.92. The zero-order chi connectivity index (χ0) is 22.5. The smallest absolute Gasteiger partial charge is 0.0834 e. The molecule has 5 nitrogen and oxygen atoms in total. The Hall–Kier alpha value is -0.930. The molecule has 4 atom stereocenters. The third-order valence-corrected chi connectivity index (χ3v) is 5.46. The van der Waals surface area contributed by atoms with Crippen LogP contribution in [0.3, 0.4) is 0 Å². The molecule has 176 valence electrons. The van der Waals surface area contributed by atoms with Gasteiger partial charge in [-0.05, 0) is 38.5 Å². The van der Waals surface area contributed by atoms with E-state index in [9.17, 15) is 15.3 Å². The number of hydrogen-bond acceptors (Lipinski definition) is 5. The van der Waals surface area contributed by atoms with Crippen molar-refractivity contribution in [2.45, 2.75) is 135 Å². The van der Waals surface area contributed by atoms with E-state index in [0.29, 0.717) is 25.9 Å². The summed E-state index contributed by atoms with van der Waals surface area (Å²) in [6, 6.07) is 2.02. The molecule has 30 heavy (non-hydrogen) atoms. The maximum absolute atomic E-state index is 10.5. The first-order chi connectivity index (χ1) is 14.5. The summed E-state index contributed by atoms with van der Waals surface area (Å²) in [5.41, 5.74) is 0. The normalized spacial score (nSPS) is 15.7. The van der Waals surface area contributed by atoms with Gasteiger partial charge in [0.1, 0.15) is 0 Å². The summed E-state index contributed by atoms with van der Waals surface area (Å²) in [7, 11) is 0. The number of unbranched alkanes of at least 4 members (excludes halogenated alkanes) is 7. The molecule has 3 N–H and O–H groups in total. The summed E-state index contributed by atoms with van der Waals surface area (Å²) in [6.07, 6.45) is 15.3. The molecule has 0 spiro atoms. The van der Waals surface area contributed by atoms with E-state index in [1.54, 1.807) is 0 Å². The van der Waals surface area contributed by atoms with Crippen LogP contribution in [-0.2, 0) is 4.74 Å². The van der Waals surface area contributed by atoms with Gasteiger partial charge in [0.2, 0.25) is 0 Å². The van der Waals surface area contributed by atoms with E-state index < -0.39 is 18.3 Å². The first-order valence-corrected chi connectivity index (χ1v) is 12.2. The molecule has 0 bridgehead atoms. The Bertz CT molecular complexity index is 435. The lowest BCUT2D eigenvalue weighted by Crippen LogP contribution is -2.33.